The minimum absolute atomic E-state index is 0.0906. The van der Waals surface area contributed by atoms with Crippen LogP contribution in [0.2, 0.25) is 0 Å². The number of nitrogens with zero attached hydrogens (tertiary/aromatic N) is 2. The molecule has 0 atom stereocenters. The van der Waals surface area contributed by atoms with Crippen molar-refractivity contribution in [3.8, 4) is 23.3 Å². The van der Waals surface area contributed by atoms with E-state index in [1.54, 1.807) is 12.1 Å². The summed E-state index contributed by atoms with van der Waals surface area (Å²) in [5.41, 5.74) is 19.8. The van der Waals surface area contributed by atoms with Gasteiger partial charge in [0.25, 0.3) is 5.91 Å². The Balaban J connectivity index is 0.000000236. The molecule has 4 rings (SSSR count). The molecule has 226 valence electrons. The molecule has 0 radical (unpaired) electrons. The molecule has 0 saturated carbocycles. The number of nitrogens with two attached hydrogens (primary N) is 3. The zero-order valence-corrected chi connectivity index (χ0v) is 25.6. The summed E-state index contributed by atoms with van der Waals surface area (Å²) >= 11 is 0. The van der Waals surface area contributed by atoms with E-state index in [0.29, 0.717) is 22.9 Å². The van der Waals surface area contributed by atoms with E-state index in [1.165, 1.54) is 19.2 Å². The lowest BCUT2D eigenvalue weighted by Crippen LogP contribution is -2.15. The SMILES string of the molecule is CC(C)(C)c1ccccc1Oc1nc(C(N)=O)ccc1N.COC(=O)c1ccc(N)c(Oc2ccccc2C(C)(C)C)n1. The highest BCUT2D eigenvalue weighted by Gasteiger charge is 2.21. The van der Waals surface area contributed by atoms with Gasteiger partial charge in [0.1, 0.15) is 17.2 Å². The summed E-state index contributed by atoms with van der Waals surface area (Å²) in [7, 11) is 1.30. The number of primary amides is 1. The number of amides is 1. The van der Waals surface area contributed by atoms with Gasteiger partial charge in [-0.15, -0.1) is 0 Å². The molecule has 4 aromatic rings. The van der Waals surface area contributed by atoms with Gasteiger partial charge in [-0.05, 0) is 47.2 Å². The Bertz CT molecular complexity index is 1610. The molecule has 6 N–H and O–H groups in total. The van der Waals surface area contributed by atoms with Crippen molar-refractivity contribution in [2.24, 2.45) is 5.73 Å². The fourth-order valence-electron chi connectivity index (χ4n) is 3.98. The Morgan fingerprint density at radius 3 is 1.42 bits per heavy atom. The normalized spacial score (nSPS) is 11.1. The zero-order chi connectivity index (χ0) is 31.9. The lowest BCUT2D eigenvalue weighted by atomic mass is 9.86. The predicted molar refractivity (Wildman–Crippen MR) is 168 cm³/mol. The molecule has 0 fully saturated rings. The molecule has 10 nitrogen and oxygen atoms in total. The minimum Gasteiger partial charge on any atom is -0.464 e. The average molecular weight is 586 g/mol. The van der Waals surface area contributed by atoms with Gasteiger partial charge in [0.2, 0.25) is 11.8 Å². The van der Waals surface area contributed by atoms with Crippen molar-refractivity contribution in [1.29, 1.82) is 0 Å². The summed E-state index contributed by atoms with van der Waals surface area (Å²) in [5, 5.41) is 0. The average Bonchev–Trinajstić information content (AvgIpc) is 2.94. The lowest BCUT2D eigenvalue weighted by Gasteiger charge is -2.22. The highest BCUT2D eigenvalue weighted by atomic mass is 16.5. The van der Waals surface area contributed by atoms with Crippen molar-refractivity contribution < 1.29 is 23.8 Å². The fraction of sp³-hybridized carbons (Fsp3) is 0.273. The van der Waals surface area contributed by atoms with Crippen molar-refractivity contribution in [1.82, 2.24) is 9.97 Å². The van der Waals surface area contributed by atoms with E-state index in [9.17, 15) is 9.59 Å². The van der Waals surface area contributed by atoms with Gasteiger partial charge in [-0.1, -0.05) is 77.9 Å². The molecule has 0 spiro atoms. The van der Waals surface area contributed by atoms with Crippen LogP contribution in [0.4, 0.5) is 11.4 Å². The Morgan fingerprint density at radius 2 is 1.02 bits per heavy atom. The molecule has 0 saturated heterocycles. The van der Waals surface area contributed by atoms with Gasteiger partial charge in [-0.3, -0.25) is 4.79 Å². The van der Waals surface area contributed by atoms with Crippen LogP contribution in [0, 0.1) is 0 Å². The first-order valence-corrected chi connectivity index (χ1v) is 13.6. The van der Waals surface area contributed by atoms with Crippen LogP contribution in [0.25, 0.3) is 0 Å². The van der Waals surface area contributed by atoms with E-state index in [0.717, 1.165) is 11.1 Å². The van der Waals surface area contributed by atoms with Crippen LogP contribution in [0.5, 0.6) is 23.3 Å². The maximum atomic E-state index is 11.6. The number of pyridine rings is 2. The number of hydrogen-bond donors (Lipinski definition) is 3. The number of rotatable bonds is 6. The van der Waals surface area contributed by atoms with Gasteiger partial charge >= 0.3 is 5.97 Å². The maximum Gasteiger partial charge on any atom is 0.356 e. The van der Waals surface area contributed by atoms with Gasteiger partial charge in [-0.25, -0.2) is 14.8 Å². The number of esters is 1. The van der Waals surface area contributed by atoms with Gasteiger partial charge in [0.15, 0.2) is 5.69 Å². The molecule has 43 heavy (non-hydrogen) atoms. The molecule has 0 aliphatic rings. The minimum atomic E-state index is -0.621. The number of para-hydroxylation sites is 2. The first kappa shape index (κ1) is 32.4. The van der Waals surface area contributed by atoms with E-state index in [4.69, 9.17) is 26.7 Å². The predicted octanol–water partition coefficient (Wildman–Crippen LogP) is 6.39. The first-order valence-electron chi connectivity index (χ1n) is 13.6. The number of anilines is 2. The molecule has 10 heteroatoms. The van der Waals surface area contributed by atoms with Crippen LogP contribution in [0.15, 0.2) is 72.8 Å². The number of carbonyl (C=O) groups is 2. The Morgan fingerprint density at radius 1 is 0.628 bits per heavy atom. The number of aromatic nitrogens is 2. The van der Waals surface area contributed by atoms with Crippen LogP contribution < -0.4 is 26.7 Å². The van der Waals surface area contributed by atoms with Crippen molar-refractivity contribution in [3.05, 3.63) is 95.3 Å². The topological polar surface area (TPSA) is 166 Å². The maximum absolute atomic E-state index is 11.6. The molecule has 0 aliphatic carbocycles. The summed E-state index contributed by atoms with van der Waals surface area (Å²) in [6, 6.07) is 21.5. The summed E-state index contributed by atoms with van der Waals surface area (Å²) in [6.07, 6.45) is 0. The van der Waals surface area contributed by atoms with E-state index in [1.807, 2.05) is 48.5 Å². The summed E-state index contributed by atoms with van der Waals surface area (Å²) < 4.78 is 16.3. The van der Waals surface area contributed by atoms with Gasteiger partial charge in [-0.2, -0.15) is 0 Å². The van der Waals surface area contributed by atoms with Gasteiger partial charge in [0.05, 0.1) is 18.5 Å². The van der Waals surface area contributed by atoms with E-state index < -0.39 is 11.9 Å². The van der Waals surface area contributed by atoms with Crippen molar-refractivity contribution in [3.63, 3.8) is 0 Å². The molecular formula is C33H39N5O5. The zero-order valence-electron chi connectivity index (χ0n) is 25.6. The summed E-state index contributed by atoms with van der Waals surface area (Å²) in [4.78, 5) is 31.0. The third kappa shape index (κ3) is 8.45. The number of ether oxygens (including phenoxy) is 3. The van der Waals surface area contributed by atoms with E-state index in [2.05, 4.69) is 56.2 Å². The Hall–Kier alpha value is -5.12. The molecule has 2 heterocycles. The van der Waals surface area contributed by atoms with Crippen LogP contribution in [0.1, 0.15) is 73.6 Å². The van der Waals surface area contributed by atoms with Crippen LogP contribution in [-0.4, -0.2) is 29.0 Å². The highest BCUT2D eigenvalue weighted by molar-refractivity contribution is 5.91. The van der Waals surface area contributed by atoms with Gasteiger partial charge < -0.3 is 31.4 Å². The fourth-order valence-corrected chi connectivity index (χ4v) is 3.98. The number of hydrogen-bond acceptors (Lipinski definition) is 9. The van der Waals surface area contributed by atoms with E-state index >= 15 is 0 Å². The Kier molecular flexibility index (Phi) is 9.98. The van der Waals surface area contributed by atoms with Crippen molar-refractivity contribution in [2.45, 2.75) is 52.4 Å². The lowest BCUT2D eigenvalue weighted by molar-refractivity contribution is 0.0593. The standard InChI is InChI=1S/C17H20N2O3.C16H19N3O2/c1-17(2,3)11-7-5-6-8-14(11)22-15-12(18)9-10-13(19-15)16(20)21-4;1-16(2,3)10-6-4-5-7-13(10)21-15-11(17)8-9-12(19-15)14(18)20/h5-10H,18H2,1-4H3;4-9H,17H2,1-3H3,(H2,18,20). The molecule has 1 amide bonds. The number of nitrogen functional groups attached to an aromatic ring is 2. The van der Waals surface area contributed by atoms with Crippen LogP contribution in [-0.2, 0) is 15.6 Å². The van der Waals surface area contributed by atoms with Crippen LogP contribution >= 0.6 is 0 Å². The molecule has 0 bridgehead atoms. The molecule has 0 aliphatic heterocycles. The second-order valence-electron chi connectivity index (χ2n) is 11.7. The highest BCUT2D eigenvalue weighted by Crippen LogP contribution is 2.36. The molecule has 2 aromatic carbocycles. The monoisotopic (exact) mass is 585 g/mol. The van der Waals surface area contributed by atoms with E-state index in [-0.39, 0.29) is 34.0 Å². The van der Waals surface area contributed by atoms with Crippen molar-refractivity contribution in [2.75, 3.05) is 18.6 Å². The summed E-state index contributed by atoms with van der Waals surface area (Å²) in [6.45, 7) is 12.5. The molecule has 2 aromatic heterocycles. The number of benzene rings is 2. The second kappa shape index (κ2) is 13.2. The second-order valence-corrected chi connectivity index (χ2v) is 11.7. The van der Waals surface area contributed by atoms with Crippen LogP contribution in [0.3, 0.4) is 0 Å². The third-order valence-electron chi connectivity index (χ3n) is 6.23. The number of carbonyl (C=O) groups excluding carboxylic acids is 2. The Labute approximate surface area is 252 Å². The first-order chi connectivity index (χ1) is 20.1. The van der Waals surface area contributed by atoms with Crippen molar-refractivity contribution >= 4 is 23.3 Å². The number of methoxy groups -OCH3 is 1. The smallest absolute Gasteiger partial charge is 0.356 e. The largest absolute Gasteiger partial charge is 0.464 e. The molecule has 0 unspecified atom stereocenters. The van der Waals surface area contributed by atoms with Gasteiger partial charge in [0, 0.05) is 11.1 Å². The summed E-state index contributed by atoms with van der Waals surface area (Å²) in [5.74, 6) is 0.544. The quantitative estimate of drug-likeness (QED) is 0.217. The third-order valence-corrected chi connectivity index (χ3v) is 6.23. The molecular weight excluding hydrogens is 546 g/mol.